The number of hydrogen-bond acceptors (Lipinski definition) is 2. The van der Waals surface area contributed by atoms with Crippen molar-refractivity contribution in [2.45, 2.75) is 25.7 Å². The summed E-state index contributed by atoms with van der Waals surface area (Å²) in [4.78, 5) is 17.8. The SMILES string of the molecule is CN(CC(=O)c1c[nH]c2ccccc12)CC1CCCC1. The number of aromatic amines is 1. The molecule has 0 unspecified atom stereocenters. The number of rotatable bonds is 5. The van der Waals surface area contributed by atoms with Gasteiger partial charge < -0.3 is 4.98 Å². The average molecular weight is 270 g/mol. The monoisotopic (exact) mass is 270 g/mol. The fraction of sp³-hybridized carbons (Fsp3) is 0.471. The van der Waals surface area contributed by atoms with E-state index < -0.39 is 0 Å². The van der Waals surface area contributed by atoms with E-state index in [0.29, 0.717) is 6.54 Å². The fourth-order valence-corrected chi connectivity index (χ4v) is 3.33. The minimum absolute atomic E-state index is 0.211. The van der Waals surface area contributed by atoms with Crippen LogP contribution in [0.3, 0.4) is 0 Å². The standard InChI is InChI=1S/C17H22N2O/c1-19(11-13-6-2-3-7-13)12-17(20)15-10-18-16-9-5-4-8-14(15)16/h4-5,8-10,13,18H,2-3,6-7,11-12H2,1H3. The Labute approximate surface area is 120 Å². The number of nitrogens with one attached hydrogen (secondary N) is 1. The smallest absolute Gasteiger partial charge is 0.178 e. The van der Waals surface area contributed by atoms with Crippen molar-refractivity contribution in [3.63, 3.8) is 0 Å². The summed E-state index contributed by atoms with van der Waals surface area (Å²) >= 11 is 0. The maximum absolute atomic E-state index is 12.4. The summed E-state index contributed by atoms with van der Waals surface area (Å²) in [6.45, 7) is 1.56. The lowest BCUT2D eigenvalue weighted by Crippen LogP contribution is -2.30. The van der Waals surface area contributed by atoms with Crippen LogP contribution in [-0.4, -0.2) is 35.8 Å². The molecule has 106 valence electrons. The maximum Gasteiger partial charge on any atom is 0.178 e. The second-order valence-electron chi connectivity index (χ2n) is 6.02. The summed E-state index contributed by atoms with van der Waals surface area (Å²) in [5, 5.41) is 1.03. The second-order valence-corrected chi connectivity index (χ2v) is 6.02. The molecule has 0 aliphatic heterocycles. The number of para-hydroxylation sites is 1. The zero-order chi connectivity index (χ0) is 13.9. The Kier molecular flexibility index (Phi) is 3.88. The van der Waals surface area contributed by atoms with E-state index in [1.54, 1.807) is 0 Å². The van der Waals surface area contributed by atoms with Gasteiger partial charge in [0.2, 0.25) is 0 Å². The molecule has 3 nitrogen and oxygen atoms in total. The number of likely N-dealkylation sites (N-methyl/N-ethyl adjacent to an activating group) is 1. The number of hydrogen-bond donors (Lipinski definition) is 1. The number of carbonyl (C=O) groups excluding carboxylic acids is 1. The van der Waals surface area contributed by atoms with E-state index in [4.69, 9.17) is 0 Å². The Morgan fingerprint density at radius 3 is 2.85 bits per heavy atom. The minimum atomic E-state index is 0.211. The molecule has 2 aromatic rings. The van der Waals surface area contributed by atoms with Crippen molar-refractivity contribution in [3.05, 3.63) is 36.0 Å². The molecule has 1 aliphatic rings. The molecule has 3 rings (SSSR count). The van der Waals surface area contributed by atoms with Crippen LogP contribution >= 0.6 is 0 Å². The van der Waals surface area contributed by atoms with Gasteiger partial charge in [-0.15, -0.1) is 0 Å². The van der Waals surface area contributed by atoms with E-state index in [1.165, 1.54) is 25.7 Å². The molecule has 1 aromatic heterocycles. The van der Waals surface area contributed by atoms with E-state index >= 15 is 0 Å². The van der Waals surface area contributed by atoms with Crippen LogP contribution in [0.1, 0.15) is 36.0 Å². The summed E-state index contributed by atoms with van der Waals surface area (Å²) in [6.07, 6.45) is 7.21. The molecule has 1 heterocycles. The first-order valence-corrected chi connectivity index (χ1v) is 7.52. The van der Waals surface area contributed by atoms with Crippen molar-refractivity contribution in [1.29, 1.82) is 0 Å². The zero-order valence-electron chi connectivity index (χ0n) is 12.1. The van der Waals surface area contributed by atoms with Gasteiger partial charge in [0.25, 0.3) is 0 Å². The second kappa shape index (κ2) is 5.80. The number of aromatic nitrogens is 1. The molecule has 0 atom stereocenters. The number of fused-ring (bicyclic) bond motifs is 1. The topological polar surface area (TPSA) is 36.1 Å². The van der Waals surface area contributed by atoms with E-state index in [2.05, 4.69) is 16.9 Å². The molecule has 0 radical (unpaired) electrons. The first-order chi connectivity index (χ1) is 9.74. The number of nitrogens with zero attached hydrogens (tertiary/aromatic N) is 1. The van der Waals surface area contributed by atoms with Crippen molar-refractivity contribution in [2.75, 3.05) is 20.1 Å². The first-order valence-electron chi connectivity index (χ1n) is 7.52. The number of Topliss-reactive ketones (excluding diaryl/α,β-unsaturated/α-hetero) is 1. The van der Waals surface area contributed by atoms with Crippen LogP contribution in [0.25, 0.3) is 10.9 Å². The van der Waals surface area contributed by atoms with E-state index in [9.17, 15) is 4.79 Å². The Balaban J connectivity index is 1.66. The van der Waals surface area contributed by atoms with Crippen LogP contribution in [0.15, 0.2) is 30.5 Å². The summed E-state index contributed by atoms with van der Waals surface area (Å²) in [6, 6.07) is 7.99. The average Bonchev–Trinajstić information content (AvgIpc) is 3.07. The van der Waals surface area contributed by atoms with E-state index in [-0.39, 0.29) is 5.78 Å². The molecule has 3 heteroatoms. The number of carbonyl (C=O) groups is 1. The fourth-order valence-electron chi connectivity index (χ4n) is 3.33. The largest absolute Gasteiger partial charge is 0.360 e. The lowest BCUT2D eigenvalue weighted by molar-refractivity contribution is 0.0939. The highest BCUT2D eigenvalue weighted by molar-refractivity contribution is 6.08. The van der Waals surface area contributed by atoms with Gasteiger partial charge in [-0.2, -0.15) is 0 Å². The highest BCUT2D eigenvalue weighted by Crippen LogP contribution is 2.25. The Morgan fingerprint density at radius 1 is 1.30 bits per heavy atom. The predicted molar refractivity (Wildman–Crippen MR) is 82.1 cm³/mol. The minimum Gasteiger partial charge on any atom is -0.360 e. The van der Waals surface area contributed by atoms with Crippen LogP contribution in [0.5, 0.6) is 0 Å². The molecule has 1 aromatic carbocycles. The number of H-pyrrole nitrogens is 1. The molecule has 0 bridgehead atoms. The van der Waals surface area contributed by atoms with Crippen LogP contribution in [0.4, 0.5) is 0 Å². The summed E-state index contributed by atoms with van der Waals surface area (Å²) in [5.74, 6) is 0.999. The third kappa shape index (κ3) is 2.78. The Morgan fingerprint density at radius 2 is 2.05 bits per heavy atom. The molecular formula is C17H22N2O. The summed E-state index contributed by atoms with van der Waals surface area (Å²) in [5.41, 5.74) is 1.85. The third-order valence-corrected chi connectivity index (χ3v) is 4.35. The van der Waals surface area contributed by atoms with Crippen molar-refractivity contribution >= 4 is 16.7 Å². The highest BCUT2D eigenvalue weighted by Gasteiger charge is 2.19. The van der Waals surface area contributed by atoms with Gasteiger partial charge in [0.05, 0.1) is 6.54 Å². The molecule has 0 amide bonds. The molecule has 1 fully saturated rings. The zero-order valence-corrected chi connectivity index (χ0v) is 12.1. The quantitative estimate of drug-likeness (QED) is 0.844. The van der Waals surface area contributed by atoms with E-state index in [0.717, 1.165) is 28.9 Å². The molecule has 0 saturated heterocycles. The molecule has 1 aliphatic carbocycles. The Hall–Kier alpha value is -1.61. The molecule has 1 N–H and O–H groups in total. The van der Waals surface area contributed by atoms with Crippen LogP contribution in [0, 0.1) is 5.92 Å². The Bertz CT molecular complexity index is 596. The van der Waals surface area contributed by atoms with Crippen LogP contribution in [-0.2, 0) is 0 Å². The molecule has 0 spiro atoms. The highest BCUT2D eigenvalue weighted by atomic mass is 16.1. The van der Waals surface area contributed by atoms with E-state index in [1.807, 2.05) is 30.5 Å². The lowest BCUT2D eigenvalue weighted by Gasteiger charge is -2.19. The number of benzene rings is 1. The van der Waals surface area contributed by atoms with Gasteiger partial charge in [0, 0.05) is 29.2 Å². The maximum atomic E-state index is 12.4. The van der Waals surface area contributed by atoms with Gasteiger partial charge >= 0.3 is 0 Å². The van der Waals surface area contributed by atoms with Crippen LogP contribution < -0.4 is 0 Å². The molecule has 20 heavy (non-hydrogen) atoms. The van der Waals surface area contributed by atoms with Crippen molar-refractivity contribution in [1.82, 2.24) is 9.88 Å². The lowest BCUT2D eigenvalue weighted by atomic mass is 10.1. The van der Waals surface area contributed by atoms with Gasteiger partial charge in [-0.3, -0.25) is 9.69 Å². The predicted octanol–water partition coefficient (Wildman–Crippen LogP) is 3.47. The van der Waals surface area contributed by atoms with Crippen LogP contribution in [0.2, 0.25) is 0 Å². The normalized spacial score (nSPS) is 16.3. The van der Waals surface area contributed by atoms with Crippen molar-refractivity contribution in [3.8, 4) is 0 Å². The van der Waals surface area contributed by atoms with Crippen molar-refractivity contribution in [2.24, 2.45) is 5.92 Å². The van der Waals surface area contributed by atoms with Gasteiger partial charge in [-0.05, 0) is 31.9 Å². The number of ketones is 1. The van der Waals surface area contributed by atoms with Gasteiger partial charge in [-0.25, -0.2) is 0 Å². The van der Waals surface area contributed by atoms with Gasteiger partial charge in [-0.1, -0.05) is 31.0 Å². The van der Waals surface area contributed by atoms with Gasteiger partial charge in [0.15, 0.2) is 5.78 Å². The summed E-state index contributed by atoms with van der Waals surface area (Å²) in [7, 11) is 2.06. The van der Waals surface area contributed by atoms with Gasteiger partial charge in [0.1, 0.15) is 0 Å². The molecular weight excluding hydrogens is 248 g/mol. The third-order valence-electron chi connectivity index (χ3n) is 4.35. The van der Waals surface area contributed by atoms with Crippen molar-refractivity contribution < 1.29 is 4.79 Å². The summed E-state index contributed by atoms with van der Waals surface area (Å²) < 4.78 is 0. The first kappa shape index (κ1) is 13.4. The molecule has 1 saturated carbocycles.